The molecule has 1 heterocycles. The van der Waals surface area contributed by atoms with Crippen LogP contribution in [0, 0.1) is 5.82 Å². The molecule has 0 aliphatic heterocycles. The fourth-order valence-corrected chi connectivity index (χ4v) is 2.33. The molecule has 0 fully saturated rings. The van der Waals surface area contributed by atoms with Crippen molar-refractivity contribution in [2.45, 2.75) is 19.4 Å². The van der Waals surface area contributed by atoms with E-state index in [0.29, 0.717) is 17.7 Å². The number of benzene rings is 1. The van der Waals surface area contributed by atoms with Gasteiger partial charge in [-0.1, -0.05) is 13.0 Å². The number of halogens is 1. The summed E-state index contributed by atoms with van der Waals surface area (Å²) in [7, 11) is 3.49. The van der Waals surface area contributed by atoms with Crippen LogP contribution in [0.25, 0.3) is 0 Å². The van der Waals surface area contributed by atoms with Gasteiger partial charge in [0, 0.05) is 37.5 Å². The van der Waals surface area contributed by atoms with Crippen LogP contribution in [0.15, 0.2) is 30.6 Å². The Morgan fingerprint density at radius 1 is 1.45 bits per heavy atom. The van der Waals surface area contributed by atoms with Crippen molar-refractivity contribution < 1.29 is 9.13 Å². The first-order chi connectivity index (χ1) is 9.67. The predicted molar refractivity (Wildman–Crippen MR) is 76.3 cm³/mol. The first-order valence-electron chi connectivity index (χ1n) is 6.69. The molecule has 0 aliphatic rings. The summed E-state index contributed by atoms with van der Waals surface area (Å²) in [6, 6.07) is 4.72. The molecule has 0 radical (unpaired) electrons. The minimum Gasteiger partial charge on any atom is -0.496 e. The van der Waals surface area contributed by atoms with Crippen molar-refractivity contribution in [3.8, 4) is 5.75 Å². The maximum atomic E-state index is 14.2. The van der Waals surface area contributed by atoms with E-state index in [2.05, 4.69) is 10.3 Å². The summed E-state index contributed by atoms with van der Waals surface area (Å²) in [5.74, 6) is 1.20. The monoisotopic (exact) mass is 277 g/mol. The van der Waals surface area contributed by atoms with E-state index in [4.69, 9.17) is 4.74 Å². The van der Waals surface area contributed by atoms with Gasteiger partial charge in [0.15, 0.2) is 0 Å². The first kappa shape index (κ1) is 14.5. The number of nitrogens with one attached hydrogen (secondary N) is 1. The van der Waals surface area contributed by atoms with Crippen LogP contribution in [0.1, 0.15) is 24.4 Å². The molecule has 1 aromatic carbocycles. The third kappa shape index (κ3) is 2.99. The van der Waals surface area contributed by atoms with E-state index in [0.717, 1.165) is 12.4 Å². The average molecular weight is 277 g/mol. The molecule has 0 spiro atoms. The minimum atomic E-state index is -0.260. The molecule has 1 aromatic heterocycles. The Morgan fingerprint density at radius 3 is 2.85 bits per heavy atom. The number of imidazole rings is 1. The Balaban J connectivity index is 2.36. The summed E-state index contributed by atoms with van der Waals surface area (Å²) in [5.41, 5.74) is 0.555. The third-order valence-corrected chi connectivity index (χ3v) is 3.34. The molecule has 20 heavy (non-hydrogen) atoms. The highest BCUT2D eigenvalue weighted by molar-refractivity contribution is 5.37. The quantitative estimate of drug-likeness (QED) is 0.881. The SMILES string of the molecule is CCNC(Cc1nccn1C)c1c(F)cccc1OC. The summed E-state index contributed by atoms with van der Waals surface area (Å²) in [5, 5.41) is 3.31. The van der Waals surface area contributed by atoms with Crippen LogP contribution in [0.5, 0.6) is 5.75 Å². The largest absolute Gasteiger partial charge is 0.496 e. The number of hydrogen-bond acceptors (Lipinski definition) is 3. The van der Waals surface area contributed by atoms with Crippen molar-refractivity contribution >= 4 is 0 Å². The van der Waals surface area contributed by atoms with Crippen LogP contribution in [0.4, 0.5) is 4.39 Å². The molecule has 5 heteroatoms. The van der Waals surface area contributed by atoms with E-state index in [1.54, 1.807) is 25.4 Å². The van der Waals surface area contributed by atoms with Gasteiger partial charge in [0.05, 0.1) is 7.11 Å². The molecule has 0 aliphatic carbocycles. The van der Waals surface area contributed by atoms with Gasteiger partial charge in [-0.3, -0.25) is 0 Å². The Morgan fingerprint density at radius 2 is 2.25 bits per heavy atom. The van der Waals surface area contributed by atoms with Gasteiger partial charge >= 0.3 is 0 Å². The highest BCUT2D eigenvalue weighted by Crippen LogP contribution is 2.29. The van der Waals surface area contributed by atoms with Crippen LogP contribution in [-0.2, 0) is 13.5 Å². The number of aryl methyl sites for hydroxylation is 1. The molecule has 1 N–H and O–H groups in total. The molecule has 1 atom stereocenters. The second-order valence-corrected chi connectivity index (χ2v) is 4.62. The van der Waals surface area contributed by atoms with E-state index in [9.17, 15) is 4.39 Å². The third-order valence-electron chi connectivity index (χ3n) is 3.34. The van der Waals surface area contributed by atoms with Crippen LogP contribution in [0.3, 0.4) is 0 Å². The van der Waals surface area contributed by atoms with Crippen molar-refractivity contribution in [3.05, 3.63) is 47.8 Å². The minimum absolute atomic E-state index is 0.169. The number of aromatic nitrogens is 2. The van der Waals surface area contributed by atoms with Crippen molar-refractivity contribution in [2.24, 2.45) is 7.05 Å². The second kappa shape index (κ2) is 6.52. The van der Waals surface area contributed by atoms with Gasteiger partial charge in [0.25, 0.3) is 0 Å². The van der Waals surface area contributed by atoms with Crippen molar-refractivity contribution in [2.75, 3.05) is 13.7 Å². The maximum Gasteiger partial charge on any atom is 0.131 e. The zero-order chi connectivity index (χ0) is 14.5. The number of likely N-dealkylation sites (N-methyl/N-ethyl adjacent to an activating group) is 1. The maximum absolute atomic E-state index is 14.2. The normalized spacial score (nSPS) is 12.4. The molecule has 0 saturated heterocycles. The zero-order valence-corrected chi connectivity index (χ0v) is 12.1. The Hall–Kier alpha value is -1.88. The number of ether oxygens (including phenoxy) is 1. The lowest BCUT2D eigenvalue weighted by Gasteiger charge is -2.21. The topological polar surface area (TPSA) is 39.1 Å². The number of rotatable bonds is 6. The van der Waals surface area contributed by atoms with E-state index >= 15 is 0 Å². The molecule has 1 unspecified atom stereocenters. The molecule has 0 saturated carbocycles. The second-order valence-electron chi connectivity index (χ2n) is 4.62. The van der Waals surface area contributed by atoms with E-state index in [-0.39, 0.29) is 11.9 Å². The van der Waals surface area contributed by atoms with E-state index in [1.165, 1.54) is 6.07 Å². The summed E-state index contributed by atoms with van der Waals surface area (Å²) < 4.78 is 21.4. The molecular formula is C15H20FN3O. The van der Waals surface area contributed by atoms with E-state index < -0.39 is 0 Å². The molecule has 0 amide bonds. The standard InChI is InChI=1S/C15H20FN3O/c1-4-17-12(10-14-18-8-9-19(14)2)15-11(16)6-5-7-13(15)20-3/h5-9,12,17H,4,10H2,1-3H3. The highest BCUT2D eigenvalue weighted by atomic mass is 19.1. The summed E-state index contributed by atoms with van der Waals surface area (Å²) in [6.07, 6.45) is 4.24. The fourth-order valence-electron chi connectivity index (χ4n) is 2.33. The van der Waals surface area contributed by atoms with E-state index in [1.807, 2.05) is 24.7 Å². The van der Waals surface area contributed by atoms with Crippen molar-refractivity contribution in [1.82, 2.24) is 14.9 Å². The number of hydrogen-bond donors (Lipinski definition) is 1. The first-order valence-corrected chi connectivity index (χ1v) is 6.69. The van der Waals surface area contributed by atoms with Crippen LogP contribution >= 0.6 is 0 Å². The Bertz CT molecular complexity index is 568. The van der Waals surface area contributed by atoms with Gasteiger partial charge in [-0.05, 0) is 18.7 Å². The molecule has 4 nitrogen and oxygen atoms in total. The summed E-state index contributed by atoms with van der Waals surface area (Å²) >= 11 is 0. The highest BCUT2D eigenvalue weighted by Gasteiger charge is 2.21. The molecule has 2 rings (SSSR count). The van der Waals surface area contributed by atoms with Gasteiger partial charge in [-0.15, -0.1) is 0 Å². The van der Waals surface area contributed by atoms with Gasteiger partial charge in [0.2, 0.25) is 0 Å². The fraction of sp³-hybridized carbons (Fsp3) is 0.400. The van der Waals surface area contributed by atoms with Crippen molar-refractivity contribution in [1.29, 1.82) is 0 Å². The lowest BCUT2D eigenvalue weighted by atomic mass is 10.0. The van der Waals surface area contributed by atoms with Crippen molar-refractivity contribution in [3.63, 3.8) is 0 Å². The lowest BCUT2D eigenvalue weighted by molar-refractivity contribution is 0.389. The van der Waals surface area contributed by atoms with Crippen LogP contribution in [-0.4, -0.2) is 23.2 Å². The molecule has 108 valence electrons. The summed E-state index contributed by atoms with van der Waals surface area (Å²) in [6.45, 7) is 2.74. The zero-order valence-electron chi connectivity index (χ0n) is 12.1. The molecule has 0 bridgehead atoms. The average Bonchev–Trinajstić information content (AvgIpc) is 2.83. The Kier molecular flexibility index (Phi) is 4.74. The van der Waals surface area contributed by atoms with Crippen LogP contribution < -0.4 is 10.1 Å². The predicted octanol–water partition coefficient (Wildman–Crippen LogP) is 2.46. The molecular weight excluding hydrogens is 257 g/mol. The Labute approximate surface area is 118 Å². The number of methoxy groups -OCH3 is 1. The van der Waals surface area contributed by atoms with Gasteiger partial charge in [0.1, 0.15) is 17.4 Å². The summed E-state index contributed by atoms with van der Waals surface area (Å²) in [4.78, 5) is 4.31. The number of nitrogens with zero attached hydrogens (tertiary/aromatic N) is 2. The smallest absolute Gasteiger partial charge is 0.131 e. The van der Waals surface area contributed by atoms with Gasteiger partial charge < -0.3 is 14.6 Å². The lowest BCUT2D eigenvalue weighted by Crippen LogP contribution is -2.25. The molecule has 2 aromatic rings. The van der Waals surface area contributed by atoms with Crippen LogP contribution in [0.2, 0.25) is 0 Å². The van der Waals surface area contributed by atoms with Gasteiger partial charge in [-0.2, -0.15) is 0 Å². The van der Waals surface area contributed by atoms with Gasteiger partial charge in [-0.25, -0.2) is 9.37 Å².